The summed E-state index contributed by atoms with van der Waals surface area (Å²) in [5, 5.41) is 11.4. The summed E-state index contributed by atoms with van der Waals surface area (Å²) in [6, 6.07) is 8.34. The highest BCUT2D eigenvalue weighted by Gasteiger charge is 2.11. The maximum atomic E-state index is 10.3. The molecule has 2 rings (SSSR count). The van der Waals surface area contributed by atoms with Crippen LogP contribution in [0.4, 0.5) is 5.69 Å². The molecule has 2 N–H and O–H groups in total. The standard InChI is InChI=1S/C13H18N2O2/c16-13(17)10-14-9-11-3-5-12(6-4-11)15-7-1-2-8-15/h3-6,14H,1-2,7-10H2,(H,16,17). The van der Waals surface area contributed by atoms with Crippen LogP contribution in [0.5, 0.6) is 0 Å². The van der Waals surface area contributed by atoms with Gasteiger partial charge in [0.1, 0.15) is 0 Å². The molecular weight excluding hydrogens is 216 g/mol. The van der Waals surface area contributed by atoms with Crippen molar-refractivity contribution in [3.05, 3.63) is 29.8 Å². The van der Waals surface area contributed by atoms with Gasteiger partial charge in [-0.1, -0.05) is 12.1 Å². The molecule has 1 aliphatic rings. The van der Waals surface area contributed by atoms with Crippen molar-refractivity contribution in [3.8, 4) is 0 Å². The first kappa shape index (κ1) is 11.9. The maximum absolute atomic E-state index is 10.3. The SMILES string of the molecule is O=C(O)CNCc1ccc(N2CCCC2)cc1. The summed E-state index contributed by atoms with van der Waals surface area (Å²) in [5.41, 5.74) is 2.39. The predicted molar refractivity (Wildman–Crippen MR) is 67.2 cm³/mol. The quantitative estimate of drug-likeness (QED) is 0.810. The number of nitrogens with one attached hydrogen (secondary N) is 1. The summed E-state index contributed by atoms with van der Waals surface area (Å²) < 4.78 is 0. The van der Waals surface area contributed by atoms with E-state index in [1.54, 1.807) is 0 Å². The average molecular weight is 234 g/mol. The normalized spacial score (nSPS) is 15.2. The van der Waals surface area contributed by atoms with E-state index in [1.807, 2.05) is 0 Å². The Hall–Kier alpha value is -1.55. The third-order valence-corrected chi connectivity index (χ3v) is 3.01. The van der Waals surface area contributed by atoms with Gasteiger partial charge >= 0.3 is 5.97 Å². The van der Waals surface area contributed by atoms with Gasteiger partial charge in [0, 0.05) is 25.3 Å². The Balaban J connectivity index is 1.86. The van der Waals surface area contributed by atoms with Crippen molar-refractivity contribution in [3.63, 3.8) is 0 Å². The Kier molecular flexibility index (Phi) is 3.98. The summed E-state index contributed by atoms with van der Waals surface area (Å²) >= 11 is 0. The van der Waals surface area contributed by atoms with Crippen molar-refractivity contribution in [2.24, 2.45) is 0 Å². The first-order valence-electron chi connectivity index (χ1n) is 6.02. The second kappa shape index (κ2) is 5.68. The number of aliphatic carboxylic acids is 1. The van der Waals surface area contributed by atoms with E-state index in [4.69, 9.17) is 5.11 Å². The fraction of sp³-hybridized carbons (Fsp3) is 0.462. The third kappa shape index (κ3) is 3.46. The minimum Gasteiger partial charge on any atom is -0.480 e. The monoisotopic (exact) mass is 234 g/mol. The van der Waals surface area contributed by atoms with Crippen molar-refractivity contribution in [2.75, 3.05) is 24.5 Å². The van der Waals surface area contributed by atoms with Gasteiger partial charge in [0.05, 0.1) is 6.54 Å². The molecule has 1 aromatic rings. The fourth-order valence-electron chi connectivity index (χ4n) is 2.11. The van der Waals surface area contributed by atoms with Gasteiger partial charge in [-0.15, -0.1) is 0 Å². The van der Waals surface area contributed by atoms with Crippen LogP contribution in [0, 0.1) is 0 Å². The van der Waals surface area contributed by atoms with Gasteiger partial charge in [0.2, 0.25) is 0 Å². The van der Waals surface area contributed by atoms with E-state index in [1.165, 1.54) is 18.5 Å². The summed E-state index contributed by atoms with van der Waals surface area (Å²) in [4.78, 5) is 12.7. The molecule has 17 heavy (non-hydrogen) atoms. The minimum atomic E-state index is -0.821. The molecule has 1 heterocycles. The van der Waals surface area contributed by atoms with Crippen LogP contribution in [0.25, 0.3) is 0 Å². The Bertz CT molecular complexity index is 370. The van der Waals surface area contributed by atoms with E-state index >= 15 is 0 Å². The molecule has 1 aromatic carbocycles. The smallest absolute Gasteiger partial charge is 0.317 e. The molecule has 0 spiro atoms. The molecule has 0 saturated carbocycles. The minimum absolute atomic E-state index is 0.00781. The van der Waals surface area contributed by atoms with Crippen LogP contribution in [0.1, 0.15) is 18.4 Å². The summed E-state index contributed by atoms with van der Waals surface area (Å²) in [6.07, 6.45) is 2.56. The van der Waals surface area contributed by atoms with Crippen molar-refractivity contribution in [1.82, 2.24) is 5.32 Å². The number of anilines is 1. The number of carboxylic acid groups (broad SMARTS) is 1. The highest BCUT2D eigenvalue weighted by Crippen LogP contribution is 2.20. The van der Waals surface area contributed by atoms with Gasteiger partial charge in [0.15, 0.2) is 0 Å². The van der Waals surface area contributed by atoms with Gasteiger partial charge in [-0.05, 0) is 30.5 Å². The lowest BCUT2D eigenvalue weighted by Crippen LogP contribution is -2.22. The molecule has 0 aromatic heterocycles. The van der Waals surface area contributed by atoms with Gasteiger partial charge in [-0.3, -0.25) is 4.79 Å². The van der Waals surface area contributed by atoms with Gasteiger partial charge < -0.3 is 15.3 Å². The molecule has 4 heteroatoms. The third-order valence-electron chi connectivity index (χ3n) is 3.01. The zero-order valence-electron chi connectivity index (χ0n) is 9.85. The number of rotatable bonds is 5. The lowest BCUT2D eigenvalue weighted by atomic mass is 10.2. The van der Waals surface area contributed by atoms with Gasteiger partial charge in [0.25, 0.3) is 0 Å². The van der Waals surface area contributed by atoms with E-state index in [2.05, 4.69) is 34.5 Å². The average Bonchev–Trinajstić information content (AvgIpc) is 2.83. The maximum Gasteiger partial charge on any atom is 0.317 e. The van der Waals surface area contributed by atoms with Crippen LogP contribution in [0.2, 0.25) is 0 Å². The summed E-state index contributed by atoms with van der Waals surface area (Å²) in [7, 11) is 0. The Morgan fingerprint density at radius 1 is 1.24 bits per heavy atom. The molecule has 92 valence electrons. The lowest BCUT2D eigenvalue weighted by Gasteiger charge is -2.17. The van der Waals surface area contributed by atoms with Gasteiger partial charge in [-0.2, -0.15) is 0 Å². The number of nitrogens with zero attached hydrogens (tertiary/aromatic N) is 1. The second-order valence-corrected chi connectivity index (χ2v) is 4.36. The van der Waals surface area contributed by atoms with Crippen LogP contribution in [-0.2, 0) is 11.3 Å². The van der Waals surface area contributed by atoms with Crippen molar-refractivity contribution in [2.45, 2.75) is 19.4 Å². The van der Waals surface area contributed by atoms with Gasteiger partial charge in [-0.25, -0.2) is 0 Å². The zero-order valence-corrected chi connectivity index (χ0v) is 9.85. The number of carboxylic acids is 1. The Morgan fingerprint density at radius 3 is 2.47 bits per heavy atom. The van der Waals surface area contributed by atoms with E-state index in [9.17, 15) is 4.79 Å². The van der Waals surface area contributed by atoms with Crippen molar-refractivity contribution >= 4 is 11.7 Å². The molecular formula is C13H18N2O2. The zero-order chi connectivity index (χ0) is 12.1. The van der Waals surface area contributed by atoms with E-state index < -0.39 is 5.97 Å². The van der Waals surface area contributed by atoms with Crippen LogP contribution in [-0.4, -0.2) is 30.7 Å². The molecule has 1 saturated heterocycles. The predicted octanol–water partition coefficient (Wildman–Crippen LogP) is 1.46. The molecule has 0 bridgehead atoms. The van der Waals surface area contributed by atoms with Crippen LogP contribution >= 0.6 is 0 Å². The van der Waals surface area contributed by atoms with Crippen LogP contribution in [0.3, 0.4) is 0 Å². The number of hydrogen-bond acceptors (Lipinski definition) is 3. The first-order chi connectivity index (χ1) is 8.25. The molecule has 0 amide bonds. The molecule has 4 nitrogen and oxygen atoms in total. The Labute approximate surface area is 101 Å². The second-order valence-electron chi connectivity index (χ2n) is 4.36. The lowest BCUT2D eigenvalue weighted by molar-refractivity contribution is -0.135. The number of benzene rings is 1. The topological polar surface area (TPSA) is 52.6 Å². The molecule has 0 radical (unpaired) electrons. The van der Waals surface area contributed by atoms with E-state index in [-0.39, 0.29) is 6.54 Å². The summed E-state index contributed by atoms with van der Waals surface area (Å²) in [5.74, 6) is -0.821. The molecule has 0 unspecified atom stereocenters. The number of carbonyl (C=O) groups is 1. The van der Waals surface area contributed by atoms with Crippen LogP contribution in [0.15, 0.2) is 24.3 Å². The highest BCUT2D eigenvalue weighted by atomic mass is 16.4. The first-order valence-corrected chi connectivity index (χ1v) is 6.02. The van der Waals surface area contributed by atoms with Crippen molar-refractivity contribution < 1.29 is 9.90 Å². The summed E-state index contributed by atoms with van der Waals surface area (Å²) in [6.45, 7) is 2.91. The van der Waals surface area contributed by atoms with E-state index in [0.29, 0.717) is 6.54 Å². The molecule has 1 fully saturated rings. The highest BCUT2D eigenvalue weighted by molar-refractivity contribution is 5.69. The largest absolute Gasteiger partial charge is 0.480 e. The number of hydrogen-bond donors (Lipinski definition) is 2. The van der Waals surface area contributed by atoms with Crippen LogP contribution < -0.4 is 10.2 Å². The van der Waals surface area contributed by atoms with Crippen molar-refractivity contribution in [1.29, 1.82) is 0 Å². The molecule has 1 aliphatic heterocycles. The molecule has 0 aliphatic carbocycles. The fourth-order valence-corrected chi connectivity index (χ4v) is 2.11. The molecule has 0 atom stereocenters. The Morgan fingerprint density at radius 2 is 1.88 bits per heavy atom. The van der Waals surface area contributed by atoms with E-state index in [0.717, 1.165) is 18.7 Å².